The molecule has 0 saturated heterocycles. The van der Waals surface area contributed by atoms with Gasteiger partial charge in [-0.2, -0.15) is 4.68 Å². The van der Waals surface area contributed by atoms with Crippen LogP contribution in [0.15, 0.2) is 40.9 Å². The van der Waals surface area contributed by atoms with Crippen molar-refractivity contribution in [1.29, 1.82) is 0 Å². The number of hydrogen-bond acceptors (Lipinski definition) is 4. The second kappa shape index (κ2) is 5.42. The molecule has 0 unspecified atom stereocenters. The van der Waals surface area contributed by atoms with E-state index in [1.165, 1.54) is 10.7 Å². The summed E-state index contributed by atoms with van der Waals surface area (Å²) < 4.78 is 15.9. The molecule has 0 bridgehead atoms. The third-order valence-corrected chi connectivity index (χ3v) is 3.82. The molecule has 1 heterocycles. The highest BCUT2D eigenvalue weighted by atomic mass is 79.9. The van der Waals surface area contributed by atoms with Gasteiger partial charge in [-0.25, -0.2) is 4.39 Å². The number of aromatic nitrogens is 4. The van der Waals surface area contributed by atoms with E-state index in [9.17, 15) is 4.39 Å². The van der Waals surface area contributed by atoms with E-state index in [4.69, 9.17) is 17.3 Å². The summed E-state index contributed by atoms with van der Waals surface area (Å²) in [5.74, 6) is -0.156. The van der Waals surface area contributed by atoms with Crippen LogP contribution in [0.3, 0.4) is 0 Å². The van der Waals surface area contributed by atoms with Gasteiger partial charge in [0.1, 0.15) is 11.5 Å². The predicted octanol–water partition coefficient (Wildman–Crippen LogP) is 3.47. The van der Waals surface area contributed by atoms with E-state index in [1.807, 2.05) is 0 Å². The number of rotatable bonds is 2. The summed E-state index contributed by atoms with van der Waals surface area (Å²) in [4.78, 5) is 0. The molecule has 2 aromatic carbocycles. The Kier molecular flexibility index (Phi) is 3.60. The summed E-state index contributed by atoms with van der Waals surface area (Å²) in [6, 6.07) is 9.55. The summed E-state index contributed by atoms with van der Waals surface area (Å²) in [6.07, 6.45) is 0. The maximum absolute atomic E-state index is 14.1. The Bertz CT molecular complexity index is 800. The molecule has 106 valence electrons. The SMILES string of the molecule is Nc1ccc(Cl)c(-c2nnnn2-c2c(F)cccc2Br)c1. The number of anilines is 1. The zero-order valence-electron chi connectivity index (χ0n) is 10.5. The highest BCUT2D eigenvalue weighted by molar-refractivity contribution is 9.10. The molecule has 0 amide bonds. The van der Waals surface area contributed by atoms with Gasteiger partial charge < -0.3 is 5.73 Å². The number of hydrogen-bond donors (Lipinski definition) is 1. The predicted molar refractivity (Wildman–Crippen MR) is 81.7 cm³/mol. The van der Waals surface area contributed by atoms with Gasteiger partial charge in [0.2, 0.25) is 0 Å². The molecule has 3 rings (SSSR count). The lowest BCUT2D eigenvalue weighted by Crippen LogP contribution is -2.04. The number of nitrogen functional groups attached to an aromatic ring is 1. The minimum absolute atomic E-state index is 0.205. The number of nitrogens with zero attached hydrogens (tertiary/aromatic N) is 4. The first-order chi connectivity index (χ1) is 10.1. The highest BCUT2D eigenvalue weighted by Gasteiger charge is 2.18. The molecule has 2 N–H and O–H groups in total. The first-order valence-corrected chi connectivity index (χ1v) is 7.03. The molecule has 0 radical (unpaired) electrons. The third-order valence-electron chi connectivity index (χ3n) is 2.85. The van der Waals surface area contributed by atoms with E-state index in [2.05, 4.69) is 31.5 Å². The minimum Gasteiger partial charge on any atom is -0.399 e. The van der Waals surface area contributed by atoms with Crippen LogP contribution in [0.25, 0.3) is 17.1 Å². The molecule has 1 aromatic heterocycles. The van der Waals surface area contributed by atoms with Crippen LogP contribution in [-0.2, 0) is 0 Å². The zero-order chi connectivity index (χ0) is 15.0. The summed E-state index contributed by atoms with van der Waals surface area (Å²) in [6.45, 7) is 0. The molecule has 0 aliphatic rings. The van der Waals surface area contributed by atoms with Gasteiger partial charge in [-0.1, -0.05) is 17.7 Å². The third kappa shape index (κ3) is 2.50. The van der Waals surface area contributed by atoms with Crippen molar-refractivity contribution in [2.75, 3.05) is 5.73 Å². The van der Waals surface area contributed by atoms with Gasteiger partial charge in [0.05, 0.1) is 5.02 Å². The molecule has 0 aliphatic carbocycles. The van der Waals surface area contributed by atoms with Gasteiger partial charge in [0.15, 0.2) is 5.82 Å². The Balaban J connectivity index is 2.25. The summed E-state index contributed by atoms with van der Waals surface area (Å²) >= 11 is 9.45. The number of nitrogens with two attached hydrogens (primary N) is 1. The average Bonchev–Trinajstić information content (AvgIpc) is 2.90. The van der Waals surface area contributed by atoms with Gasteiger partial charge in [-0.3, -0.25) is 0 Å². The van der Waals surface area contributed by atoms with E-state index >= 15 is 0 Å². The lowest BCUT2D eigenvalue weighted by atomic mass is 10.2. The Morgan fingerprint density at radius 3 is 2.81 bits per heavy atom. The fourth-order valence-electron chi connectivity index (χ4n) is 1.91. The van der Waals surface area contributed by atoms with Gasteiger partial charge in [-0.15, -0.1) is 5.10 Å². The first-order valence-electron chi connectivity index (χ1n) is 5.86. The monoisotopic (exact) mass is 367 g/mol. The van der Waals surface area contributed by atoms with Gasteiger partial charge >= 0.3 is 0 Å². The highest BCUT2D eigenvalue weighted by Crippen LogP contribution is 2.31. The number of halogens is 3. The molecule has 0 aliphatic heterocycles. The number of benzene rings is 2. The number of tetrazole rings is 1. The molecule has 3 aromatic rings. The van der Waals surface area contributed by atoms with Crippen LogP contribution in [0.2, 0.25) is 5.02 Å². The van der Waals surface area contributed by atoms with Crippen molar-refractivity contribution in [3.63, 3.8) is 0 Å². The van der Waals surface area contributed by atoms with E-state index in [0.29, 0.717) is 26.6 Å². The van der Waals surface area contributed by atoms with E-state index < -0.39 is 5.82 Å². The molecular formula is C13H8BrClFN5. The molecule has 0 fully saturated rings. The molecule has 21 heavy (non-hydrogen) atoms. The normalized spacial score (nSPS) is 10.8. The van der Waals surface area contributed by atoms with Crippen molar-refractivity contribution in [1.82, 2.24) is 20.2 Å². The second-order valence-electron chi connectivity index (χ2n) is 4.22. The van der Waals surface area contributed by atoms with Crippen LogP contribution in [0.1, 0.15) is 0 Å². The topological polar surface area (TPSA) is 69.6 Å². The van der Waals surface area contributed by atoms with Crippen LogP contribution in [0.5, 0.6) is 0 Å². The van der Waals surface area contributed by atoms with Crippen LogP contribution < -0.4 is 5.73 Å². The van der Waals surface area contributed by atoms with E-state index in [-0.39, 0.29) is 5.69 Å². The van der Waals surface area contributed by atoms with Crippen LogP contribution in [0, 0.1) is 5.82 Å². The summed E-state index contributed by atoms with van der Waals surface area (Å²) in [5.41, 5.74) is 7.00. The summed E-state index contributed by atoms with van der Waals surface area (Å²) in [7, 11) is 0. The van der Waals surface area contributed by atoms with Gasteiger partial charge in [0.25, 0.3) is 0 Å². The maximum Gasteiger partial charge on any atom is 0.188 e. The zero-order valence-corrected chi connectivity index (χ0v) is 12.8. The van der Waals surface area contributed by atoms with Gasteiger partial charge in [0, 0.05) is 15.7 Å². The second-order valence-corrected chi connectivity index (χ2v) is 5.49. The Labute approximate surface area is 132 Å². The van der Waals surface area contributed by atoms with Crippen molar-refractivity contribution in [3.8, 4) is 17.1 Å². The Morgan fingerprint density at radius 1 is 1.24 bits per heavy atom. The molecule has 8 heteroatoms. The largest absolute Gasteiger partial charge is 0.399 e. The summed E-state index contributed by atoms with van der Waals surface area (Å²) in [5, 5.41) is 11.8. The molecule has 0 spiro atoms. The van der Waals surface area contributed by atoms with Crippen LogP contribution in [0.4, 0.5) is 10.1 Å². The van der Waals surface area contributed by atoms with Crippen molar-refractivity contribution in [2.24, 2.45) is 0 Å². The van der Waals surface area contributed by atoms with Crippen molar-refractivity contribution < 1.29 is 4.39 Å². The molecule has 5 nitrogen and oxygen atoms in total. The molecule has 0 atom stereocenters. The van der Waals surface area contributed by atoms with E-state index in [1.54, 1.807) is 30.3 Å². The van der Waals surface area contributed by atoms with Crippen LogP contribution >= 0.6 is 27.5 Å². The lowest BCUT2D eigenvalue weighted by Gasteiger charge is -2.09. The lowest BCUT2D eigenvalue weighted by molar-refractivity contribution is 0.606. The van der Waals surface area contributed by atoms with Crippen molar-refractivity contribution in [3.05, 3.63) is 51.7 Å². The minimum atomic E-state index is -0.460. The van der Waals surface area contributed by atoms with Gasteiger partial charge in [-0.05, 0) is 56.7 Å². The Morgan fingerprint density at radius 2 is 2.05 bits per heavy atom. The Hall–Kier alpha value is -1.99. The quantitative estimate of drug-likeness (QED) is 0.703. The van der Waals surface area contributed by atoms with E-state index in [0.717, 1.165) is 0 Å². The fourth-order valence-corrected chi connectivity index (χ4v) is 2.62. The average molecular weight is 369 g/mol. The first kappa shape index (κ1) is 14.0. The fraction of sp³-hybridized carbons (Fsp3) is 0. The molecule has 0 saturated carbocycles. The number of para-hydroxylation sites is 1. The maximum atomic E-state index is 14.1. The smallest absolute Gasteiger partial charge is 0.188 e. The molecular weight excluding hydrogens is 361 g/mol. The van der Waals surface area contributed by atoms with Crippen molar-refractivity contribution >= 4 is 33.2 Å². The van der Waals surface area contributed by atoms with Crippen molar-refractivity contribution in [2.45, 2.75) is 0 Å². The van der Waals surface area contributed by atoms with Crippen LogP contribution in [-0.4, -0.2) is 20.2 Å². The standard InChI is InChI=1S/C13H8BrClFN5/c14-9-2-1-3-11(16)12(9)21-13(18-19-20-21)8-6-7(17)4-5-10(8)15/h1-6H,17H2.